The molecular weight excluding hydrogens is 263 g/mol. The van der Waals surface area contributed by atoms with Crippen molar-refractivity contribution < 1.29 is 24.1 Å². The monoisotopic (exact) mass is 282 g/mol. The average molecular weight is 282 g/mol. The van der Waals surface area contributed by atoms with Gasteiger partial charge in [-0.3, -0.25) is 4.79 Å². The number of aliphatic carboxylic acids is 1. The first kappa shape index (κ1) is 14.8. The van der Waals surface area contributed by atoms with Crippen molar-refractivity contribution in [2.75, 3.05) is 6.61 Å². The summed E-state index contributed by atoms with van der Waals surface area (Å²) in [5.74, 6) is -1.16. The van der Waals surface area contributed by atoms with Crippen molar-refractivity contribution in [1.82, 2.24) is 0 Å². The van der Waals surface area contributed by atoms with Crippen LogP contribution in [0, 0.1) is 18.7 Å². The predicted molar refractivity (Wildman–Crippen MR) is 71.2 cm³/mol. The van der Waals surface area contributed by atoms with Gasteiger partial charge in [0.1, 0.15) is 18.2 Å². The molecule has 110 valence electrons. The van der Waals surface area contributed by atoms with Gasteiger partial charge in [0.25, 0.3) is 0 Å². The summed E-state index contributed by atoms with van der Waals surface area (Å²) in [6, 6.07) is 4.57. The number of benzene rings is 1. The van der Waals surface area contributed by atoms with Crippen LogP contribution >= 0.6 is 0 Å². The molecule has 1 aromatic rings. The Bertz CT molecular complexity index is 493. The molecule has 0 heterocycles. The smallest absolute Gasteiger partial charge is 0.306 e. The average Bonchev–Trinajstić information content (AvgIpc) is 2.41. The number of carboxylic acid groups (broad SMARTS) is 1. The number of aryl methyl sites for hydroxylation is 1. The summed E-state index contributed by atoms with van der Waals surface area (Å²) < 4.78 is 18.8. The van der Waals surface area contributed by atoms with Gasteiger partial charge >= 0.3 is 5.97 Å². The van der Waals surface area contributed by atoms with Crippen molar-refractivity contribution in [3.05, 3.63) is 29.6 Å². The van der Waals surface area contributed by atoms with Crippen molar-refractivity contribution in [2.24, 2.45) is 5.92 Å². The summed E-state index contributed by atoms with van der Waals surface area (Å²) in [5, 5.41) is 19.3. The minimum Gasteiger partial charge on any atom is -0.490 e. The minimum absolute atomic E-state index is 0.0574. The molecule has 0 unspecified atom stereocenters. The van der Waals surface area contributed by atoms with Crippen LogP contribution in [0.15, 0.2) is 18.2 Å². The molecule has 0 bridgehead atoms. The second-order valence-electron chi connectivity index (χ2n) is 5.54. The van der Waals surface area contributed by atoms with Crippen LogP contribution in [0.5, 0.6) is 5.75 Å². The summed E-state index contributed by atoms with van der Waals surface area (Å²) in [6.07, 6.45) is 1.66. The van der Waals surface area contributed by atoms with E-state index in [1.807, 2.05) is 0 Å². The fraction of sp³-hybridized carbons (Fsp3) is 0.533. The van der Waals surface area contributed by atoms with Gasteiger partial charge in [-0.2, -0.15) is 0 Å². The molecule has 4 nitrogen and oxygen atoms in total. The molecule has 1 aliphatic rings. The summed E-state index contributed by atoms with van der Waals surface area (Å²) in [5.41, 5.74) is -0.481. The van der Waals surface area contributed by atoms with Gasteiger partial charge in [0, 0.05) is 6.07 Å². The number of carboxylic acids is 1. The zero-order valence-electron chi connectivity index (χ0n) is 11.4. The molecule has 1 aliphatic carbocycles. The van der Waals surface area contributed by atoms with Crippen molar-refractivity contribution in [3.63, 3.8) is 0 Å². The van der Waals surface area contributed by atoms with Gasteiger partial charge in [-0.05, 0) is 44.2 Å². The Kier molecular flexibility index (Phi) is 4.28. The molecule has 0 aliphatic heterocycles. The molecule has 20 heavy (non-hydrogen) atoms. The predicted octanol–water partition coefficient (Wildman–Crippen LogP) is 2.52. The molecule has 0 saturated heterocycles. The van der Waals surface area contributed by atoms with E-state index in [0.29, 0.717) is 37.0 Å². The number of hydrogen-bond donors (Lipinski definition) is 2. The van der Waals surface area contributed by atoms with Crippen molar-refractivity contribution >= 4 is 5.97 Å². The van der Waals surface area contributed by atoms with Crippen LogP contribution in [0.4, 0.5) is 4.39 Å². The van der Waals surface area contributed by atoms with E-state index in [4.69, 9.17) is 9.84 Å². The number of rotatable bonds is 4. The summed E-state index contributed by atoms with van der Waals surface area (Å²) in [6.45, 7) is 1.72. The van der Waals surface area contributed by atoms with E-state index >= 15 is 0 Å². The maximum Gasteiger partial charge on any atom is 0.306 e. The zero-order chi connectivity index (χ0) is 14.8. The lowest BCUT2D eigenvalue weighted by atomic mass is 9.79. The molecule has 0 radical (unpaired) electrons. The summed E-state index contributed by atoms with van der Waals surface area (Å²) >= 11 is 0. The number of hydrogen-bond acceptors (Lipinski definition) is 3. The highest BCUT2D eigenvalue weighted by molar-refractivity contribution is 5.70. The summed E-state index contributed by atoms with van der Waals surface area (Å²) in [7, 11) is 0. The topological polar surface area (TPSA) is 66.8 Å². The van der Waals surface area contributed by atoms with E-state index in [9.17, 15) is 14.3 Å². The third kappa shape index (κ3) is 3.48. The van der Waals surface area contributed by atoms with E-state index in [1.165, 1.54) is 6.07 Å². The van der Waals surface area contributed by atoms with Crippen LogP contribution in [-0.2, 0) is 4.79 Å². The van der Waals surface area contributed by atoms with E-state index in [2.05, 4.69) is 0 Å². The van der Waals surface area contributed by atoms with E-state index in [0.717, 1.165) is 0 Å². The molecule has 0 spiro atoms. The zero-order valence-corrected chi connectivity index (χ0v) is 11.4. The maximum atomic E-state index is 13.4. The first-order valence-corrected chi connectivity index (χ1v) is 6.74. The fourth-order valence-corrected chi connectivity index (χ4v) is 2.43. The molecule has 2 rings (SSSR count). The van der Waals surface area contributed by atoms with E-state index < -0.39 is 11.6 Å². The minimum atomic E-state index is -1.02. The molecule has 5 heteroatoms. The molecule has 1 aromatic carbocycles. The molecule has 1 fully saturated rings. The lowest BCUT2D eigenvalue weighted by Crippen LogP contribution is -2.41. The number of carbonyl (C=O) groups is 1. The second-order valence-corrected chi connectivity index (χ2v) is 5.54. The number of halogens is 1. The van der Waals surface area contributed by atoms with Gasteiger partial charge in [0.05, 0.1) is 11.5 Å². The van der Waals surface area contributed by atoms with Gasteiger partial charge < -0.3 is 14.9 Å². The molecule has 1 saturated carbocycles. The SMILES string of the molecule is Cc1ccc(OCC2(O)CCC(C(=O)O)CC2)cc1F. The van der Waals surface area contributed by atoms with Crippen LogP contribution < -0.4 is 4.74 Å². The first-order valence-electron chi connectivity index (χ1n) is 6.74. The molecule has 0 amide bonds. The quantitative estimate of drug-likeness (QED) is 0.890. The highest BCUT2D eigenvalue weighted by Gasteiger charge is 2.36. The molecule has 2 N–H and O–H groups in total. The van der Waals surface area contributed by atoms with Gasteiger partial charge in [-0.25, -0.2) is 4.39 Å². The Hall–Kier alpha value is -1.62. The molecule has 0 atom stereocenters. The Morgan fingerprint density at radius 3 is 2.65 bits per heavy atom. The van der Waals surface area contributed by atoms with Crippen LogP contribution in [0.25, 0.3) is 0 Å². The summed E-state index contributed by atoms with van der Waals surface area (Å²) in [4.78, 5) is 10.9. The molecular formula is C15H19FO4. The van der Waals surface area contributed by atoms with E-state index in [-0.39, 0.29) is 18.3 Å². The van der Waals surface area contributed by atoms with Gasteiger partial charge in [0.2, 0.25) is 0 Å². The second kappa shape index (κ2) is 5.79. The Morgan fingerprint density at radius 1 is 1.45 bits per heavy atom. The number of ether oxygens (including phenoxy) is 1. The Labute approximate surface area is 117 Å². The third-order valence-corrected chi connectivity index (χ3v) is 3.92. The van der Waals surface area contributed by atoms with Crippen molar-refractivity contribution in [3.8, 4) is 5.75 Å². The van der Waals surface area contributed by atoms with Crippen LogP contribution in [0.3, 0.4) is 0 Å². The highest BCUT2D eigenvalue weighted by Crippen LogP contribution is 2.33. The standard InChI is InChI=1S/C15H19FO4/c1-10-2-3-12(8-13(10)16)20-9-15(19)6-4-11(5-7-15)14(17)18/h2-3,8,11,19H,4-7,9H2,1H3,(H,17,18). The lowest BCUT2D eigenvalue weighted by Gasteiger charge is -2.34. The van der Waals surface area contributed by atoms with Gasteiger partial charge in [-0.15, -0.1) is 0 Å². The highest BCUT2D eigenvalue weighted by atomic mass is 19.1. The largest absolute Gasteiger partial charge is 0.490 e. The third-order valence-electron chi connectivity index (χ3n) is 3.92. The van der Waals surface area contributed by atoms with E-state index in [1.54, 1.807) is 19.1 Å². The van der Waals surface area contributed by atoms with Crippen LogP contribution in [-0.4, -0.2) is 28.4 Å². The Morgan fingerprint density at radius 2 is 2.10 bits per heavy atom. The molecule has 0 aromatic heterocycles. The Balaban J connectivity index is 1.90. The lowest BCUT2D eigenvalue weighted by molar-refractivity contribution is -0.145. The normalized spacial score (nSPS) is 26.2. The first-order chi connectivity index (χ1) is 9.39. The van der Waals surface area contributed by atoms with Crippen molar-refractivity contribution in [1.29, 1.82) is 0 Å². The van der Waals surface area contributed by atoms with Gasteiger partial charge in [-0.1, -0.05) is 6.07 Å². The van der Waals surface area contributed by atoms with Crippen LogP contribution in [0.1, 0.15) is 31.2 Å². The van der Waals surface area contributed by atoms with Gasteiger partial charge in [0.15, 0.2) is 0 Å². The fourth-order valence-electron chi connectivity index (χ4n) is 2.43. The number of aliphatic hydroxyl groups is 1. The van der Waals surface area contributed by atoms with Crippen molar-refractivity contribution in [2.45, 2.75) is 38.2 Å². The maximum absolute atomic E-state index is 13.4. The van der Waals surface area contributed by atoms with Crippen LogP contribution in [0.2, 0.25) is 0 Å².